The molecule has 3 N–H and O–H groups in total. The van der Waals surface area contributed by atoms with Crippen LogP contribution in [-0.4, -0.2) is 42.5 Å². The monoisotopic (exact) mass is 533 g/mol. The average Bonchev–Trinajstić information content (AvgIpc) is 3.24. The molecule has 3 atom stereocenters. The summed E-state index contributed by atoms with van der Waals surface area (Å²) in [6.07, 6.45) is 18.1. The van der Waals surface area contributed by atoms with E-state index < -0.39 is 22.1 Å². The van der Waals surface area contributed by atoms with Gasteiger partial charge in [-0.2, -0.15) is 0 Å². The van der Waals surface area contributed by atoms with Gasteiger partial charge in [-0.3, -0.25) is 4.79 Å². The van der Waals surface area contributed by atoms with Crippen LogP contribution in [0.2, 0.25) is 0 Å². The molecule has 0 saturated heterocycles. The van der Waals surface area contributed by atoms with Crippen molar-refractivity contribution in [1.82, 2.24) is 4.72 Å². The number of aryl methyl sites for hydroxylation is 2. The van der Waals surface area contributed by atoms with Gasteiger partial charge < -0.3 is 10.2 Å². The number of aliphatic carboxylic acids is 1. The van der Waals surface area contributed by atoms with E-state index in [1.807, 2.05) is 30.3 Å². The van der Waals surface area contributed by atoms with Gasteiger partial charge in [-0.05, 0) is 87.2 Å². The number of allylic oxidation sites excluding steroid dienone is 1. The highest BCUT2D eigenvalue weighted by molar-refractivity contribution is 7.89. The summed E-state index contributed by atoms with van der Waals surface area (Å²) >= 11 is 0. The lowest BCUT2D eigenvalue weighted by Crippen LogP contribution is -2.37. The van der Waals surface area contributed by atoms with Crippen LogP contribution < -0.4 is 4.72 Å². The van der Waals surface area contributed by atoms with Crippen LogP contribution in [0.4, 0.5) is 0 Å². The summed E-state index contributed by atoms with van der Waals surface area (Å²) in [7, 11) is -3.24. The number of aliphatic hydroxyl groups excluding tert-OH is 1. The quantitative estimate of drug-likeness (QED) is 0.220. The number of sulfonamides is 1. The van der Waals surface area contributed by atoms with Gasteiger partial charge in [0.25, 0.3) is 0 Å². The molecular weight excluding hydrogens is 486 g/mol. The van der Waals surface area contributed by atoms with E-state index >= 15 is 0 Å². The minimum atomic E-state index is -3.24. The van der Waals surface area contributed by atoms with Crippen LogP contribution in [-0.2, 0) is 27.7 Å². The van der Waals surface area contributed by atoms with E-state index in [1.165, 1.54) is 12.8 Å². The standard InChI is InChI=1S/C30H47NO5S/c32-29(16-8-14-26-12-5-6-13-27(26)19-22-30(33)34)21-18-24-11-7-15-28(20-17-24)31-37(35,36)23-25-9-3-1-2-4-10-25/h5-6,12-13,18,21,24-25,28-29,31-32H,1-4,7-11,14-17,19-20,22-23H2,(H,33,34)/b21-18+/t24?,28-,29-/m0/s1. The Morgan fingerprint density at radius 3 is 2.35 bits per heavy atom. The van der Waals surface area contributed by atoms with Crippen LogP contribution >= 0.6 is 0 Å². The molecule has 7 heteroatoms. The lowest BCUT2D eigenvalue weighted by atomic mass is 9.96. The first kappa shape index (κ1) is 29.9. The third kappa shape index (κ3) is 11.7. The van der Waals surface area contributed by atoms with E-state index in [9.17, 15) is 18.3 Å². The maximum Gasteiger partial charge on any atom is 0.303 e. The van der Waals surface area contributed by atoms with Gasteiger partial charge in [-0.1, -0.05) is 68.5 Å². The largest absolute Gasteiger partial charge is 0.481 e. The molecule has 6 nitrogen and oxygen atoms in total. The molecule has 3 rings (SSSR count). The highest BCUT2D eigenvalue weighted by Gasteiger charge is 2.25. The Hall–Kier alpha value is -1.70. The number of hydrogen-bond donors (Lipinski definition) is 3. The Morgan fingerprint density at radius 1 is 0.946 bits per heavy atom. The number of carbonyl (C=O) groups is 1. The van der Waals surface area contributed by atoms with E-state index in [-0.39, 0.29) is 18.2 Å². The second-order valence-electron chi connectivity index (χ2n) is 11.2. The Balaban J connectivity index is 1.38. The lowest BCUT2D eigenvalue weighted by Gasteiger charge is -2.20. The molecule has 0 aromatic heterocycles. The summed E-state index contributed by atoms with van der Waals surface area (Å²) in [6, 6.07) is 7.99. The normalized spacial score (nSPS) is 22.9. The van der Waals surface area contributed by atoms with Gasteiger partial charge >= 0.3 is 5.97 Å². The Labute approximate surface area is 224 Å². The third-order valence-electron chi connectivity index (χ3n) is 8.07. The van der Waals surface area contributed by atoms with Gasteiger partial charge in [0.05, 0.1) is 11.9 Å². The van der Waals surface area contributed by atoms with Crippen molar-refractivity contribution in [3.8, 4) is 0 Å². The van der Waals surface area contributed by atoms with Crippen molar-refractivity contribution in [2.45, 2.75) is 115 Å². The molecule has 37 heavy (non-hydrogen) atoms. The van der Waals surface area contributed by atoms with E-state index in [1.54, 1.807) is 0 Å². The van der Waals surface area contributed by atoms with Crippen molar-refractivity contribution in [2.24, 2.45) is 11.8 Å². The number of nitrogens with one attached hydrogen (secondary N) is 1. The molecule has 2 fully saturated rings. The van der Waals surface area contributed by atoms with Gasteiger partial charge in [0.2, 0.25) is 10.0 Å². The van der Waals surface area contributed by atoms with Crippen molar-refractivity contribution in [3.63, 3.8) is 0 Å². The molecule has 1 unspecified atom stereocenters. The molecule has 0 amide bonds. The number of aliphatic hydroxyl groups is 1. The zero-order valence-electron chi connectivity index (χ0n) is 22.3. The van der Waals surface area contributed by atoms with Gasteiger partial charge in [0, 0.05) is 12.5 Å². The van der Waals surface area contributed by atoms with Crippen LogP contribution in [0, 0.1) is 11.8 Å². The van der Waals surface area contributed by atoms with Crippen LogP contribution in [0.25, 0.3) is 0 Å². The zero-order chi connectivity index (χ0) is 26.5. The molecule has 2 saturated carbocycles. The minimum Gasteiger partial charge on any atom is -0.481 e. The Kier molecular flexibility index (Phi) is 12.6. The predicted molar refractivity (Wildman–Crippen MR) is 149 cm³/mol. The molecule has 0 aliphatic heterocycles. The smallest absolute Gasteiger partial charge is 0.303 e. The Bertz CT molecular complexity index is 952. The lowest BCUT2D eigenvalue weighted by molar-refractivity contribution is -0.136. The summed E-state index contributed by atoms with van der Waals surface area (Å²) in [6.45, 7) is 0. The first-order chi connectivity index (χ1) is 17.8. The minimum absolute atomic E-state index is 0.0281. The number of carboxylic acids is 1. The summed E-state index contributed by atoms with van der Waals surface area (Å²) in [4.78, 5) is 10.9. The fourth-order valence-corrected chi connectivity index (χ4v) is 7.75. The topological polar surface area (TPSA) is 104 Å². The van der Waals surface area contributed by atoms with Gasteiger partial charge in [0.1, 0.15) is 0 Å². The van der Waals surface area contributed by atoms with Crippen LogP contribution in [0.3, 0.4) is 0 Å². The summed E-state index contributed by atoms with van der Waals surface area (Å²) in [5, 5.41) is 19.5. The van der Waals surface area contributed by atoms with Crippen LogP contribution in [0.15, 0.2) is 36.4 Å². The molecule has 0 bridgehead atoms. The molecule has 0 heterocycles. The maximum atomic E-state index is 12.8. The fourth-order valence-electron chi connectivity index (χ4n) is 5.95. The Morgan fingerprint density at radius 2 is 1.65 bits per heavy atom. The van der Waals surface area contributed by atoms with E-state index in [0.717, 1.165) is 81.8 Å². The predicted octanol–water partition coefficient (Wildman–Crippen LogP) is 5.78. The maximum absolute atomic E-state index is 12.8. The molecule has 2 aliphatic rings. The van der Waals surface area contributed by atoms with Crippen LogP contribution in [0.1, 0.15) is 101 Å². The van der Waals surface area contributed by atoms with Crippen molar-refractivity contribution < 1.29 is 23.4 Å². The SMILES string of the molecule is O=C(O)CCc1ccccc1CCC[C@H](O)/C=C/C1CCC[C@H](NS(=O)(=O)CC2CCCCCC2)CC1. The second kappa shape index (κ2) is 15.6. The summed E-state index contributed by atoms with van der Waals surface area (Å²) < 4.78 is 28.6. The third-order valence-corrected chi connectivity index (χ3v) is 9.67. The summed E-state index contributed by atoms with van der Waals surface area (Å²) in [5.74, 6) is 0.180. The van der Waals surface area contributed by atoms with Gasteiger partial charge in [-0.25, -0.2) is 13.1 Å². The molecule has 1 aromatic rings. The van der Waals surface area contributed by atoms with Crippen molar-refractivity contribution in [1.29, 1.82) is 0 Å². The summed E-state index contributed by atoms with van der Waals surface area (Å²) in [5.41, 5.74) is 2.24. The number of benzene rings is 1. The second-order valence-corrected chi connectivity index (χ2v) is 13.0. The van der Waals surface area contributed by atoms with E-state index in [0.29, 0.717) is 24.7 Å². The van der Waals surface area contributed by atoms with E-state index in [2.05, 4.69) is 10.8 Å². The van der Waals surface area contributed by atoms with Gasteiger partial charge in [-0.15, -0.1) is 0 Å². The van der Waals surface area contributed by atoms with Crippen molar-refractivity contribution in [2.75, 3.05) is 5.75 Å². The highest BCUT2D eigenvalue weighted by atomic mass is 32.2. The first-order valence-electron chi connectivity index (χ1n) is 14.5. The first-order valence-corrected chi connectivity index (χ1v) is 16.1. The van der Waals surface area contributed by atoms with Crippen molar-refractivity contribution >= 4 is 16.0 Å². The fraction of sp³-hybridized carbons (Fsp3) is 0.700. The van der Waals surface area contributed by atoms with E-state index in [4.69, 9.17) is 5.11 Å². The molecule has 0 radical (unpaired) electrons. The molecular formula is C30H47NO5S. The average molecular weight is 534 g/mol. The molecule has 208 valence electrons. The van der Waals surface area contributed by atoms with Gasteiger partial charge in [0.15, 0.2) is 0 Å². The molecule has 0 spiro atoms. The van der Waals surface area contributed by atoms with Crippen molar-refractivity contribution in [3.05, 3.63) is 47.5 Å². The number of hydrogen-bond acceptors (Lipinski definition) is 4. The van der Waals surface area contributed by atoms with Crippen LogP contribution in [0.5, 0.6) is 0 Å². The molecule has 1 aromatic carbocycles. The molecule has 2 aliphatic carbocycles. The number of rotatable bonds is 13. The zero-order valence-corrected chi connectivity index (χ0v) is 23.1. The number of carboxylic acid groups (broad SMARTS) is 1. The highest BCUT2D eigenvalue weighted by Crippen LogP contribution is 2.27.